The molecule has 0 aliphatic carbocycles. The molecule has 0 fully saturated rings. The molecule has 1 aromatic carbocycles. The number of aromatic nitrogens is 1. The predicted octanol–water partition coefficient (Wildman–Crippen LogP) is 2.98. The van der Waals surface area contributed by atoms with Gasteiger partial charge in [-0.25, -0.2) is 4.98 Å². The van der Waals surface area contributed by atoms with E-state index in [4.69, 9.17) is 23.1 Å². The maximum absolute atomic E-state index is 6.13. The Morgan fingerprint density at radius 1 is 1.21 bits per heavy atom. The van der Waals surface area contributed by atoms with Crippen molar-refractivity contribution in [2.24, 2.45) is 5.73 Å². The molecule has 0 aliphatic rings. The standard InChI is InChI=1S/C14H16ClN3S/c15-12-5-1-2-6-13(12)19-9-11(16)8-10-4-3-7-18-14(10)17/h1-7,11H,8-9,16H2,(H2,17,18). The second kappa shape index (κ2) is 6.80. The lowest BCUT2D eigenvalue weighted by atomic mass is 10.1. The Balaban J connectivity index is 1.90. The van der Waals surface area contributed by atoms with Crippen LogP contribution in [0.3, 0.4) is 0 Å². The maximum Gasteiger partial charge on any atom is 0.126 e. The first-order valence-corrected chi connectivity index (χ1v) is 7.35. The van der Waals surface area contributed by atoms with Crippen LogP contribution in [-0.4, -0.2) is 16.8 Å². The Morgan fingerprint density at radius 2 is 2.00 bits per heavy atom. The molecule has 0 spiro atoms. The van der Waals surface area contributed by atoms with Gasteiger partial charge in [0, 0.05) is 22.9 Å². The van der Waals surface area contributed by atoms with E-state index >= 15 is 0 Å². The van der Waals surface area contributed by atoms with Crippen molar-refractivity contribution in [2.75, 3.05) is 11.5 Å². The molecular weight excluding hydrogens is 278 g/mol. The van der Waals surface area contributed by atoms with Crippen LogP contribution in [0.15, 0.2) is 47.5 Å². The number of hydrogen-bond acceptors (Lipinski definition) is 4. The molecule has 5 heteroatoms. The lowest BCUT2D eigenvalue weighted by Crippen LogP contribution is -2.26. The third-order valence-corrected chi connectivity index (χ3v) is 4.40. The second-order valence-corrected chi connectivity index (χ2v) is 5.72. The molecule has 0 bridgehead atoms. The Kier molecular flexibility index (Phi) is 5.07. The Hall–Kier alpha value is -1.23. The zero-order valence-corrected chi connectivity index (χ0v) is 12.0. The summed E-state index contributed by atoms with van der Waals surface area (Å²) >= 11 is 7.76. The highest BCUT2D eigenvalue weighted by Crippen LogP contribution is 2.27. The van der Waals surface area contributed by atoms with Crippen LogP contribution in [0.1, 0.15) is 5.56 Å². The fraction of sp³-hybridized carbons (Fsp3) is 0.214. The zero-order valence-electron chi connectivity index (χ0n) is 10.4. The molecule has 0 amide bonds. The van der Waals surface area contributed by atoms with Gasteiger partial charge in [0.25, 0.3) is 0 Å². The van der Waals surface area contributed by atoms with E-state index in [0.717, 1.165) is 27.7 Å². The first kappa shape index (κ1) is 14.2. The first-order chi connectivity index (χ1) is 9.16. The highest BCUT2D eigenvalue weighted by atomic mass is 35.5. The van der Waals surface area contributed by atoms with Crippen LogP contribution in [0, 0.1) is 0 Å². The summed E-state index contributed by atoms with van der Waals surface area (Å²) < 4.78 is 0. The molecule has 1 aromatic heterocycles. The molecular formula is C14H16ClN3S. The lowest BCUT2D eigenvalue weighted by Gasteiger charge is -2.12. The molecule has 3 nitrogen and oxygen atoms in total. The summed E-state index contributed by atoms with van der Waals surface area (Å²) in [6.45, 7) is 0. The van der Waals surface area contributed by atoms with E-state index in [-0.39, 0.29) is 6.04 Å². The number of hydrogen-bond donors (Lipinski definition) is 2. The van der Waals surface area contributed by atoms with Crippen LogP contribution in [0.25, 0.3) is 0 Å². The molecule has 4 N–H and O–H groups in total. The number of halogens is 1. The minimum absolute atomic E-state index is 0.0211. The van der Waals surface area contributed by atoms with E-state index in [1.807, 2.05) is 36.4 Å². The topological polar surface area (TPSA) is 64.9 Å². The van der Waals surface area contributed by atoms with Crippen LogP contribution >= 0.6 is 23.4 Å². The molecule has 0 saturated carbocycles. The molecule has 0 saturated heterocycles. The van der Waals surface area contributed by atoms with Gasteiger partial charge < -0.3 is 11.5 Å². The Labute approximate surface area is 122 Å². The van der Waals surface area contributed by atoms with Gasteiger partial charge in [0.05, 0.1) is 5.02 Å². The van der Waals surface area contributed by atoms with E-state index in [1.54, 1.807) is 18.0 Å². The molecule has 1 unspecified atom stereocenters. The molecule has 1 heterocycles. The smallest absolute Gasteiger partial charge is 0.126 e. The van der Waals surface area contributed by atoms with Crippen LogP contribution < -0.4 is 11.5 Å². The summed E-state index contributed by atoms with van der Waals surface area (Å²) in [5.74, 6) is 1.35. The highest BCUT2D eigenvalue weighted by Gasteiger charge is 2.09. The highest BCUT2D eigenvalue weighted by molar-refractivity contribution is 7.99. The SMILES string of the molecule is Nc1ncccc1CC(N)CSc1ccccc1Cl. The number of pyridine rings is 1. The number of thioether (sulfide) groups is 1. The molecule has 0 aliphatic heterocycles. The van der Waals surface area contributed by atoms with Gasteiger partial charge in [0.2, 0.25) is 0 Å². The van der Waals surface area contributed by atoms with Crippen molar-refractivity contribution in [3.63, 3.8) is 0 Å². The summed E-state index contributed by atoms with van der Waals surface area (Å²) in [5.41, 5.74) is 12.9. The third-order valence-electron chi connectivity index (χ3n) is 2.70. The number of nitrogens with zero attached hydrogens (tertiary/aromatic N) is 1. The maximum atomic E-state index is 6.13. The van der Waals surface area contributed by atoms with Crippen molar-refractivity contribution in [3.05, 3.63) is 53.2 Å². The van der Waals surface area contributed by atoms with Crippen LogP contribution in [0.5, 0.6) is 0 Å². The van der Waals surface area contributed by atoms with Crippen molar-refractivity contribution < 1.29 is 0 Å². The second-order valence-electron chi connectivity index (χ2n) is 4.25. The van der Waals surface area contributed by atoms with E-state index < -0.39 is 0 Å². The summed E-state index contributed by atoms with van der Waals surface area (Å²) in [6.07, 6.45) is 2.40. The molecule has 2 aromatic rings. The molecule has 1 atom stereocenters. The predicted molar refractivity (Wildman–Crippen MR) is 82.5 cm³/mol. The van der Waals surface area contributed by atoms with E-state index in [1.165, 1.54) is 0 Å². The van der Waals surface area contributed by atoms with Crippen LogP contribution in [-0.2, 0) is 6.42 Å². The summed E-state index contributed by atoms with van der Waals surface area (Å²) in [7, 11) is 0. The van der Waals surface area contributed by atoms with E-state index in [2.05, 4.69) is 4.98 Å². The average Bonchev–Trinajstić information content (AvgIpc) is 2.40. The molecule has 0 radical (unpaired) electrons. The van der Waals surface area contributed by atoms with Gasteiger partial charge in [0.15, 0.2) is 0 Å². The number of anilines is 1. The van der Waals surface area contributed by atoms with Gasteiger partial charge in [-0.1, -0.05) is 29.8 Å². The summed E-state index contributed by atoms with van der Waals surface area (Å²) in [4.78, 5) is 5.11. The number of rotatable bonds is 5. The van der Waals surface area contributed by atoms with Gasteiger partial charge in [-0.2, -0.15) is 0 Å². The minimum Gasteiger partial charge on any atom is -0.383 e. The van der Waals surface area contributed by atoms with Crippen LogP contribution in [0.4, 0.5) is 5.82 Å². The average molecular weight is 294 g/mol. The van der Waals surface area contributed by atoms with Gasteiger partial charge in [-0.05, 0) is 30.2 Å². The number of nitrogen functional groups attached to an aromatic ring is 1. The third kappa shape index (κ3) is 4.13. The monoisotopic (exact) mass is 293 g/mol. The van der Waals surface area contributed by atoms with Gasteiger partial charge in [0.1, 0.15) is 5.82 Å². The summed E-state index contributed by atoms with van der Waals surface area (Å²) in [5, 5.41) is 0.764. The van der Waals surface area contributed by atoms with Crippen molar-refractivity contribution in [1.29, 1.82) is 0 Å². The van der Waals surface area contributed by atoms with E-state index in [9.17, 15) is 0 Å². The number of benzene rings is 1. The molecule has 2 rings (SSSR count). The van der Waals surface area contributed by atoms with Crippen molar-refractivity contribution >= 4 is 29.2 Å². The van der Waals surface area contributed by atoms with Crippen molar-refractivity contribution in [1.82, 2.24) is 4.98 Å². The number of nitrogens with two attached hydrogens (primary N) is 2. The van der Waals surface area contributed by atoms with Crippen molar-refractivity contribution in [2.45, 2.75) is 17.4 Å². The van der Waals surface area contributed by atoms with Gasteiger partial charge >= 0.3 is 0 Å². The normalized spacial score (nSPS) is 12.3. The fourth-order valence-electron chi connectivity index (χ4n) is 1.72. The quantitative estimate of drug-likeness (QED) is 0.832. The Bertz CT molecular complexity index is 548. The molecule has 19 heavy (non-hydrogen) atoms. The first-order valence-electron chi connectivity index (χ1n) is 5.99. The van der Waals surface area contributed by atoms with Crippen LogP contribution in [0.2, 0.25) is 5.02 Å². The molecule has 100 valence electrons. The van der Waals surface area contributed by atoms with Gasteiger partial charge in [-0.15, -0.1) is 11.8 Å². The minimum atomic E-state index is 0.0211. The summed E-state index contributed by atoms with van der Waals surface area (Å²) in [6, 6.07) is 11.6. The Morgan fingerprint density at radius 3 is 2.74 bits per heavy atom. The van der Waals surface area contributed by atoms with Crippen molar-refractivity contribution in [3.8, 4) is 0 Å². The van der Waals surface area contributed by atoms with E-state index in [0.29, 0.717) is 5.82 Å². The lowest BCUT2D eigenvalue weighted by molar-refractivity contribution is 0.748. The zero-order chi connectivity index (χ0) is 13.7. The fourth-order valence-corrected chi connectivity index (χ4v) is 2.92. The largest absolute Gasteiger partial charge is 0.383 e. The van der Waals surface area contributed by atoms with Gasteiger partial charge in [-0.3, -0.25) is 0 Å².